The number of hydrogen-bond acceptors (Lipinski definition) is 4. The number of fused-ring (bicyclic) bond motifs is 1. The molecule has 1 N–H and O–H groups in total. The molecule has 0 amide bonds. The van der Waals surface area contributed by atoms with Gasteiger partial charge in [-0.15, -0.1) is 0 Å². The number of benzene rings is 2. The predicted molar refractivity (Wildman–Crippen MR) is 89.7 cm³/mol. The van der Waals surface area contributed by atoms with E-state index in [1.165, 1.54) is 37.4 Å². The first kappa shape index (κ1) is 16.4. The van der Waals surface area contributed by atoms with Gasteiger partial charge in [-0.1, -0.05) is 12.1 Å². The maximum absolute atomic E-state index is 13.9. The van der Waals surface area contributed by atoms with E-state index in [9.17, 15) is 12.8 Å². The lowest BCUT2D eigenvalue weighted by Crippen LogP contribution is -2.15. The molecule has 124 valence electrons. The molecule has 0 aliphatic carbocycles. The van der Waals surface area contributed by atoms with Crippen LogP contribution in [0.1, 0.15) is 5.56 Å². The third kappa shape index (κ3) is 3.22. The molecule has 24 heavy (non-hydrogen) atoms. The SMILES string of the molecule is COCc1c(F)cccc1NS(=O)(=O)c1ccc2ncccc2c1. The quantitative estimate of drug-likeness (QED) is 0.769. The van der Waals surface area contributed by atoms with Crippen molar-refractivity contribution in [3.8, 4) is 0 Å². The number of ether oxygens (including phenoxy) is 1. The Kier molecular flexibility index (Phi) is 4.46. The van der Waals surface area contributed by atoms with E-state index in [2.05, 4.69) is 9.71 Å². The van der Waals surface area contributed by atoms with E-state index in [0.717, 1.165) is 0 Å². The monoisotopic (exact) mass is 346 g/mol. The Labute approximate surface area is 139 Å². The number of rotatable bonds is 5. The van der Waals surface area contributed by atoms with Gasteiger partial charge in [0.15, 0.2) is 0 Å². The minimum Gasteiger partial charge on any atom is -0.380 e. The van der Waals surface area contributed by atoms with Crippen LogP contribution in [0.15, 0.2) is 59.6 Å². The molecule has 3 aromatic rings. The molecular formula is C17H15FN2O3S. The standard InChI is InChI=1S/C17H15FN2O3S/c1-23-11-14-15(18)5-2-6-17(14)20-24(21,22)13-7-8-16-12(10-13)4-3-9-19-16/h2-10,20H,11H2,1H3. The summed E-state index contributed by atoms with van der Waals surface area (Å²) in [5, 5.41) is 0.705. The van der Waals surface area contributed by atoms with Crippen molar-refractivity contribution in [3.05, 3.63) is 66.1 Å². The summed E-state index contributed by atoms with van der Waals surface area (Å²) in [7, 11) is -2.44. The van der Waals surface area contributed by atoms with E-state index < -0.39 is 15.8 Å². The van der Waals surface area contributed by atoms with Gasteiger partial charge >= 0.3 is 0 Å². The number of sulfonamides is 1. The molecular weight excluding hydrogens is 331 g/mol. The number of anilines is 1. The summed E-state index contributed by atoms with van der Waals surface area (Å²) in [6.45, 7) is -0.0355. The first-order chi connectivity index (χ1) is 11.5. The lowest BCUT2D eigenvalue weighted by atomic mass is 10.2. The fourth-order valence-corrected chi connectivity index (χ4v) is 3.50. The van der Waals surface area contributed by atoms with Gasteiger partial charge in [-0.3, -0.25) is 9.71 Å². The van der Waals surface area contributed by atoms with Crippen molar-refractivity contribution in [3.63, 3.8) is 0 Å². The Morgan fingerprint density at radius 3 is 2.79 bits per heavy atom. The fourth-order valence-electron chi connectivity index (χ4n) is 2.37. The van der Waals surface area contributed by atoms with Gasteiger partial charge in [0.25, 0.3) is 10.0 Å². The van der Waals surface area contributed by atoms with Crippen molar-refractivity contribution in [2.75, 3.05) is 11.8 Å². The van der Waals surface area contributed by atoms with E-state index in [4.69, 9.17) is 4.74 Å². The summed E-state index contributed by atoms with van der Waals surface area (Å²) in [5.74, 6) is -0.528. The molecule has 0 aliphatic rings. The second-order valence-corrected chi connectivity index (χ2v) is 6.84. The molecule has 2 aromatic carbocycles. The van der Waals surface area contributed by atoms with Crippen molar-refractivity contribution >= 4 is 26.6 Å². The Hall–Kier alpha value is -2.51. The summed E-state index contributed by atoms with van der Waals surface area (Å²) in [6, 6.07) is 12.3. The molecule has 0 bridgehead atoms. The summed E-state index contributed by atoms with van der Waals surface area (Å²) >= 11 is 0. The number of hydrogen-bond donors (Lipinski definition) is 1. The Morgan fingerprint density at radius 2 is 2.00 bits per heavy atom. The normalized spacial score (nSPS) is 11.6. The smallest absolute Gasteiger partial charge is 0.261 e. The van der Waals surface area contributed by atoms with Crippen LogP contribution in [0.5, 0.6) is 0 Å². The topological polar surface area (TPSA) is 68.3 Å². The second-order valence-electron chi connectivity index (χ2n) is 5.16. The third-order valence-electron chi connectivity index (χ3n) is 3.54. The van der Waals surface area contributed by atoms with Gasteiger partial charge in [0.2, 0.25) is 0 Å². The van der Waals surface area contributed by atoms with Crippen LogP contribution in [-0.4, -0.2) is 20.5 Å². The molecule has 1 aromatic heterocycles. The number of aromatic nitrogens is 1. The molecule has 0 radical (unpaired) electrons. The maximum Gasteiger partial charge on any atom is 0.261 e. The van der Waals surface area contributed by atoms with E-state index in [1.54, 1.807) is 24.4 Å². The van der Waals surface area contributed by atoms with Crippen LogP contribution in [0.25, 0.3) is 10.9 Å². The Bertz CT molecular complexity index is 990. The highest BCUT2D eigenvalue weighted by Crippen LogP contribution is 2.24. The number of nitrogens with zero attached hydrogens (tertiary/aromatic N) is 1. The highest BCUT2D eigenvalue weighted by atomic mass is 32.2. The molecule has 7 heteroatoms. The minimum atomic E-state index is -3.86. The number of methoxy groups -OCH3 is 1. The average Bonchev–Trinajstić information content (AvgIpc) is 2.57. The molecule has 5 nitrogen and oxygen atoms in total. The Morgan fingerprint density at radius 1 is 1.17 bits per heavy atom. The molecule has 0 saturated heterocycles. The molecule has 0 fully saturated rings. The van der Waals surface area contributed by atoms with Gasteiger partial charge in [-0.25, -0.2) is 12.8 Å². The van der Waals surface area contributed by atoms with E-state index in [-0.39, 0.29) is 22.8 Å². The zero-order valence-corrected chi connectivity index (χ0v) is 13.7. The van der Waals surface area contributed by atoms with Crippen LogP contribution < -0.4 is 4.72 Å². The zero-order chi connectivity index (χ0) is 17.2. The third-order valence-corrected chi connectivity index (χ3v) is 4.90. The van der Waals surface area contributed by atoms with E-state index in [0.29, 0.717) is 10.9 Å². The minimum absolute atomic E-state index is 0.0355. The Balaban J connectivity index is 2.00. The van der Waals surface area contributed by atoms with Gasteiger partial charge in [0.1, 0.15) is 5.82 Å². The first-order valence-corrected chi connectivity index (χ1v) is 8.63. The van der Waals surface area contributed by atoms with Crippen LogP contribution in [0, 0.1) is 5.82 Å². The number of pyridine rings is 1. The molecule has 3 rings (SSSR count). The van der Waals surface area contributed by atoms with Gasteiger partial charge in [-0.05, 0) is 36.4 Å². The largest absolute Gasteiger partial charge is 0.380 e. The van der Waals surface area contributed by atoms with Crippen molar-refractivity contribution in [2.45, 2.75) is 11.5 Å². The van der Waals surface area contributed by atoms with Crippen molar-refractivity contribution in [1.29, 1.82) is 0 Å². The molecule has 0 saturated carbocycles. The highest BCUT2D eigenvalue weighted by molar-refractivity contribution is 7.92. The molecule has 0 unspecified atom stereocenters. The summed E-state index contributed by atoms with van der Waals surface area (Å²) in [6.07, 6.45) is 1.64. The second kappa shape index (κ2) is 6.54. The fraction of sp³-hybridized carbons (Fsp3) is 0.118. The van der Waals surface area contributed by atoms with Gasteiger partial charge in [0, 0.05) is 24.3 Å². The zero-order valence-electron chi connectivity index (χ0n) is 12.9. The lowest BCUT2D eigenvalue weighted by Gasteiger charge is -2.13. The number of nitrogens with one attached hydrogen (secondary N) is 1. The van der Waals surface area contributed by atoms with Gasteiger partial charge in [-0.2, -0.15) is 0 Å². The van der Waals surface area contributed by atoms with Crippen LogP contribution >= 0.6 is 0 Å². The van der Waals surface area contributed by atoms with Crippen LogP contribution in [-0.2, 0) is 21.4 Å². The van der Waals surface area contributed by atoms with Crippen molar-refractivity contribution < 1.29 is 17.5 Å². The summed E-state index contributed by atoms with van der Waals surface area (Å²) < 4.78 is 46.5. The van der Waals surface area contributed by atoms with Crippen LogP contribution in [0.3, 0.4) is 0 Å². The lowest BCUT2D eigenvalue weighted by molar-refractivity contribution is 0.182. The van der Waals surface area contributed by atoms with E-state index in [1.807, 2.05) is 0 Å². The van der Waals surface area contributed by atoms with Crippen LogP contribution in [0.2, 0.25) is 0 Å². The molecule has 0 atom stereocenters. The highest BCUT2D eigenvalue weighted by Gasteiger charge is 2.18. The van der Waals surface area contributed by atoms with Crippen molar-refractivity contribution in [2.24, 2.45) is 0 Å². The van der Waals surface area contributed by atoms with E-state index >= 15 is 0 Å². The van der Waals surface area contributed by atoms with Crippen LogP contribution in [0.4, 0.5) is 10.1 Å². The van der Waals surface area contributed by atoms with Gasteiger partial charge in [0.05, 0.1) is 22.7 Å². The first-order valence-electron chi connectivity index (χ1n) is 7.15. The summed E-state index contributed by atoms with van der Waals surface area (Å²) in [5.41, 5.74) is 1.01. The summed E-state index contributed by atoms with van der Waals surface area (Å²) in [4.78, 5) is 4.24. The molecule has 0 aliphatic heterocycles. The molecule has 0 spiro atoms. The van der Waals surface area contributed by atoms with Gasteiger partial charge < -0.3 is 4.74 Å². The number of halogens is 1. The maximum atomic E-state index is 13.9. The molecule has 1 heterocycles. The predicted octanol–water partition coefficient (Wildman–Crippen LogP) is 3.32. The van der Waals surface area contributed by atoms with Crippen molar-refractivity contribution in [1.82, 2.24) is 4.98 Å². The average molecular weight is 346 g/mol.